The molecule has 4 aromatic carbocycles. The fourth-order valence-corrected chi connectivity index (χ4v) is 4.92. The molecular formula is C33H24N2S. The standard InChI is InChI=1S/C33H24N2S/c34-25-7-8-26-13-18-28(19-14-26)33-24-23-32(36-33)22-17-27-15-20-31(21-16-27)35(29-9-3-1-4-10-29)30-11-5-2-6-12-30/h1-24H/b8-7?,22-17+. The van der Waals surface area contributed by atoms with E-state index in [4.69, 9.17) is 5.26 Å². The monoisotopic (exact) mass is 480 g/mol. The highest BCUT2D eigenvalue weighted by Gasteiger charge is 2.11. The Morgan fingerprint density at radius 3 is 1.72 bits per heavy atom. The van der Waals surface area contributed by atoms with Crippen molar-refractivity contribution in [1.82, 2.24) is 0 Å². The number of hydrogen-bond donors (Lipinski definition) is 0. The van der Waals surface area contributed by atoms with Crippen LogP contribution in [-0.2, 0) is 0 Å². The molecule has 1 aromatic heterocycles. The molecule has 2 nitrogen and oxygen atoms in total. The largest absolute Gasteiger partial charge is 0.311 e. The van der Waals surface area contributed by atoms with Crippen molar-refractivity contribution in [3.8, 4) is 16.5 Å². The van der Waals surface area contributed by atoms with Crippen LogP contribution in [-0.4, -0.2) is 0 Å². The van der Waals surface area contributed by atoms with Crippen LogP contribution < -0.4 is 4.90 Å². The van der Waals surface area contributed by atoms with E-state index in [2.05, 4.69) is 114 Å². The zero-order valence-electron chi connectivity index (χ0n) is 19.7. The molecular weight excluding hydrogens is 456 g/mol. The molecule has 0 aliphatic carbocycles. The van der Waals surface area contributed by atoms with E-state index in [1.54, 1.807) is 11.3 Å². The molecule has 36 heavy (non-hydrogen) atoms. The summed E-state index contributed by atoms with van der Waals surface area (Å²) in [4.78, 5) is 4.69. The van der Waals surface area contributed by atoms with Gasteiger partial charge in [0.25, 0.3) is 0 Å². The lowest BCUT2D eigenvalue weighted by Gasteiger charge is -2.25. The molecule has 3 heteroatoms. The Morgan fingerprint density at radius 2 is 1.11 bits per heavy atom. The third-order valence-corrected chi connectivity index (χ3v) is 6.89. The summed E-state index contributed by atoms with van der Waals surface area (Å²) in [6.07, 6.45) is 7.64. The molecule has 5 rings (SSSR count). The highest BCUT2D eigenvalue weighted by atomic mass is 32.1. The van der Waals surface area contributed by atoms with E-state index in [-0.39, 0.29) is 0 Å². The Labute approximate surface area is 216 Å². The fourth-order valence-electron chi connectivity index (χ4n) is 4.00. The molecule has 0 aliphatic rings. The smallest absolute Gasteiger partial charge is 0.0912 e. The van der Waals surface area contributed by atoms with Crippen molar-refractivity contribution < 1.29 is 0 Å². The predicted octanol–water partition coefficient (Wildman–Crippen LogP) is 9.59. The highest BCUT2D eigenvalue weighted by Crippen LogP contribution is 2.34. The Bertz CT molecular complexity index is 1470. The number of benzene rings is 4. The number of nitriles is 1. The third-order valence-electron chi connectivity index (χ3n) is 5.79. The lowest BCUT2D eigenvalue weighted by molar-refractivity contribution is 1.28. The lowest BCUT2D eigenvalue weighted by Crippen LogP contribution is -2.09. The Balaban J connectivity index is 1.33. The van der Waals surface area contributed by atoms with Gasteiger partial charge < -0.3 is 4.90 Å². The molecule has 0 amide bonds. The summed E-state index contributed by atoms with van der Waals surface area (Å²) in [5, 5.41) is 8.68. The van der Waals surface area contributed by atoms with Crippen LogP contribution in [0, 0.1) is 11.3 Å². The van der Waals surface area contributed by atoms with Crippen LogP contribution in [0.1, 0.15) is 16.0 Å². The zero-order valence-corrected chi connectivity index (χ0v) is 20.5. The predicted molar refractivity (Wildman–Crippen MR) is 154 cm³/mol. The van der Waals surface area contributed by atoms with Crippen LogP contribution in [0.25, 0.3) is 28.7 Å². The molecule has 0 bridgehead atoms. The molecule has 0 aliphatic heterocycles. The Morgan fingerprint density at radius 1 is 0.556 bits per heavy atom. The van der Waals surface area contributed by atoms with Gasteiger partial charge in [-0.25, -0.2) is 0 Å². The molecule has 0 fully saturated rings. The van der Waals surface area contributed by atoms with Crippen molar-refractivity contribution in [3.63, 3.8) is 0 Å². The van der Waals surface area contributed by atoms with Crippen molar-refractivity contribution in [1.29, 1.82) is 5.26 Å². The maximum atomic E-state index is 8.68. The van der Waals surface area contributed by atoms with Crippen LogP contribution in [0.5, 0.6) is 0 Å². The number of allylic oxidation sites excluding steroid dienone is 1. The SMILES string of the molecule is N#CC=Cc1ccc(-c2ccc(/C=C/c3ccc(N(c4ccccc4)c4ccccc4)cc3)s2)cc1. The molecule has 0 spiro atoms. The van der Waals surface area contributed by atoms with Gasteiger partial charge in [0.05, 0.1) is 6.07 Å². The Hall–Kier alpha value is -4.65. The van der Waals surface area contributed by atoms with E-state index in [1.165, 1.54) is 21.4 Å². The first-order valence-corrected chi connectivity index (χ1v) is 12.6. The first-order chi connectivity index (χ1) is 17.8. The van der Waals surface area contributed by atoms with E-state index in [9.17, 15) is 0 Å². The number of para-hydroxylation sites is 2. The molecule has 0 radical (unpaired) electrons. The summed E-state index contributed by atoms with van der Waals surface area (Å²) in [6, 6.07) is 44.1. The van der Waals surface area contributed by atoms with E-state index < -0.39 is 0 Å². The first kappa shape index (κ1) is 23.1. The van der Waals surface area contributed by atoms with Gasteiger partial charge >= 0.3 is 0 Å². The summed E-state index contributed by atoms with van der Waals surface area (Å²) < 4.78 is 0. The van der Waals surface area contributed by atoms with Crippen molar-refractivity contribution >= 4 is 46.6 Å². The van der Waals surface area contributed by atoms with E-state index in [0.717, 1.165) is 28.2 Å². The van der Waals surface area contributed by atoms with Gasteiger partial charge in [-0.2, -0.15) is 5.26 Å². The lowest BCUT2D eigenvalue weighted by atomic mass is 10.1. The van der Waals surface area contributed by atoms with Crippen LogP contribution >= 0.6 is 11.3 Å². The summed E-state index contributed by atoms with van der Waals surface area (Å²) in [5.41, 5.74) is 6.75. The minimum Gasteiger partial charge on any atom is -0.311 e. The fraction of sp³-hybridized carbons (Fsp3) is 0. The second kappa shape index (κ2) is 11.2. The number of rotatable bonds is 7. The van der Waals surface area contributed by atoms with Gasteiger partial charge in [-0.3, -0.25) is 0 Å². The third kappa shape index (κ3) is 5.52. The molecule has 0 saturated heterocycles. The second-order valence-corrected chi connectivity index (χ2v) is 9.33. The van der Waals surface area contributed by atoms with Gasteiger partial charge in [-0.05, 0) is 77.4 Å². The van der Waals surface area contributed by atoms with Gasteiger partial charge in [-0.15, -0.1) is 11.3 Å². The van der Waals surface area contributed by atoms with Crippen molar-refractivity contribution in [2.24, 2.45) is 0 Å². The van der Waals surface area contributed by atoms with Gasteiger partial charge in [-0.1, -0.05) is 78.9 Å². The van der Waals surface area contributed by atoms with Crippen molar-refractivity contribution in [2.75, 3.05) is 4.90 Å². The van der Waals surface area contributed by atoms with Gasteiger partial charge in [0.1, 0.15) is 0 Å². The van der Waals surface area contributed by atoms with E-state index in [0.29, 0.717) is 0 Å². The number of nitrogens with zero attached hydrogens (tertiary/aromatic N) is 2. The van der Waals surface area contributed by atoms with Gasteiger partial charge in [0, 0.05) is 32.9 Å². The summed E-state index contributed by atoms with van der Waals surface area (Å²) in [7, 11) is 0. The van der Waals surface area contributed by atoms with Crippen LogP contribution in [0.3, 0.4) is 0 Å². The van der Waals surface area contributed by atoms with E-state index >= 15 is 0 Å². The average Bonchev–Trinajstić information content (AvgIpc) is 3.42. The molecule has 5 aromatic rings. The summed E-state index contributed by atoms with van der Waals surface area (Å²) in [6.45, 7) is 0. The molecule has 0 N–H and O–H groups in total. The minimum atomic E-state index is 1.03. The molecule has 172 valence electrons. The topological polar surface area (TPSA) is 27.0 Å². The van der Waals surface area contributed by atoms with Gasteiger partial charge in [0.15, 0.2) is 0 Å². The van der Waals surface area contributed by atoms with Gasteiger partial charge in [0.2, 0.25) is 0 Å². The molecule has 0 atom stereocenters. The van der Waals surface area contributed by atoms with Crippen molar-refractivity contribution in [3.05, 3.63) is 143 Å². The average molecular weight is 481 g/mol. The van der Waals surface area contributed by atoms with Crippen LogP contribution in [0.15, 0.2) is 127 Å². The quantitative estimate of drug-likeness (QED) is 0.217. The summed E-state index contributed by atoms with van der Waals surface area (Å²) in [5.74, 6) is 0. The Kier molecular flexibility index (Phi) is 7.18. The number of anilines is 3. The second-order valence-electron chi connectivity index (χ2n) is 8.22. The molecule has 1 heterocycles. The minimum absolute atomic E-state index is 1.03. The zero-order chi connectivity index (χ0) is 24.6. The normalized spacial score (nSPS) is 11.1. The van der Waals surface area contributed by atoms with E-state index in [1.807, 2.05) is 36.4 Å². The molecule has 0 saturated carbocycles. The van der Waals surface area contributed by atoms with Crippen LogP contribution in [0.4, 0.5) is 17.1 Å². The van der Waals surface area contributed by atoms with Crippen LogP contribution in [0.2, 0.25) is 0 Å². The number of thiophene rings is 1. The first-order valence-electron chi connectivity index (χ1n) is 11.7. The molecule has 0 unspecified atom stereocenters. The maximum Gasteiger partial charge on any atom is 0.0912 e. The van der Waals surface area contributed by atoms with Crippen molar-refractivity contribution in [2.45, 2.75) is 0 Å². The summed E-state index contributed by atoms with van der Waals surface area (Å²) >= 11 is 1.77. The maximum absolute atomic E-state index is 8.68. The number of hydrogen-bond acceptors (Lipinski definition) is 3. The highest BCUT2D eigenvalue weighted by molar-refractivity contribution is 7.16.